The van der Waals surface area contributed by atoms with Crippen LogP contribution >= 0.6 is 0 Å². The van der Waals surface area contributed by atoms with Gasteiger partial charge in [-0.1, -0.05) is 13.8 Å². The van der Waals surface area contributed by atoms with E-state index in [4.69, 9.17) is 9.47 Å². The quantitative estimate of drug-likeness (QED) is 0.793. The van der Waals surface area contributed by atoms with E-state index in [0.29, 0.717) is 12.3 Å². The molecule has 0 N–H and O–H groups in total. The average molecular weight is 288 g/mol. The number of carbonyl (C=O) groups excluding carboxylic acids is 1. The molecule has 5 nitrogen and oxygen atoms in total. The van der Waals surface area contributed by atoms with Crippen LogP contribution in [0.4, 0.5) is 0 Å². The first-order valence-corrected chi connectivity index (χ1v) is 6.98. The van der Waals surface area contributed by atoms with E-state index in [9.17, 15) is 4.79 Å². The molecule has 112 valence electrons. The van der Waals surface area contributed by atoms with E-state index in [1.165, 1.54) is 0 Å². The third kappa shape index (κ3) is 3.24. The van der Waals surface area contributed by atoms with Crippen molar-refractivity contribution in [2.75, 3.05) is 13.7 Å². The van der Waals surface area contributed by atoms with Crippen molar-refractivity contribution in [1.29, 1.82) is 0 Å². The zero-order valence-corrected chi connectivity index (χ0v) is 12.8. The molecule has 0 fully saturated rings. The lowest BCUT2D eigenvalue weighted by molar-refractivity contribution is 0.0519. The number of rotatable bonds is 5. The number of carbonyl (C=O) groups is 1. The van der Waals surface area contributed by atoms with Gasteiger partial charge in [0.15, 0.2) is 5.69 Å². The highest BCUT2D eigenvalue weighted by Gasteiger charge is 2.18. The zero-order chi connectivity index (χ0) is 15.4. The predicted molar refractivity (Wildman–Crippen MR) is 80.2 cm³/mol. The number of benzene rings is 1. The molecule has 0 saturated carbocycles. The summed E-state index contributed by atoms with van der Waals surface area (Å²) in [6.45, 7) is 6.24. The molecule has 0 aliphatic carbocycles. The molecule has 2 rings (SSSR count). The third-order valence-corrected chi connectivity index (χ3v) is 3.13. The van der Waals surface area contributed by atoms with Gasteiger partial charge in [0, 0.05) is 5.69 Å². The van der Waals surface area contributed by atoms with Crippen LogP contribution in [-0.2, 0) is 4.74 Å². The number of ether oxygens (including phenoxy) is 2. The van der Waals surface area contributed by atoms with E-state index < -0.39 is 5.97 Å². The van der Waals surface area contributed by atoms with Gasteiger partial charge in [-0.15, -0.1) is 0 Å². The smallest absolute Gasteiger partial charge is 0.358 e. The molecular weight excluding hydrogens is 268 g/mol. The van der Waals surface area contributed by atoms with Crippen molar-refractivity contribution in [3.8, 4) is 11.4 Å². The van der Waals surface area contributed by atoms with E-state index in [-0.39, 0.29) is 5.92 Å². The zero-order valence-electron chi connectivity index (χ0n) is 12.8. The lowest BCUT2D eigenvalue weighted by Gasteiger charge is -2.10. The Hall–Kier alpha value is -2.30. The molecule has 2 aromatic rings. The summed E-state index contributed by atoms with van der Waals surface area (Å²) in [5.74, 6) is 0.622. The van der Waals surface area contributed by atoms with Gasteiger partial charge in [0.05, 0.1) is 19.4 Å². The summed E-state index contributed by atoms with van der Waals surface area (Å²) in [7, 11) is 1.63. The van der Waals surface area contributed by atoms with Crippen molar-refractivity contribution >= 4 is 5.97 Å². The van der Waals surface area contributed by atoms with E-state index in [2.05, 4.69) is 18.9 Å². The van der Waals surface area contributed by atoms with Gasteiger partial charge in [-0.3, -0.25) is 0 Å². The fourth-order valence-corrected chi connectivity index (χ4v) is 2.04. The Morgan fingerprint density at radius 3 is 2.48 bits per heavy atom. The first-order chi connectivity index (χ1) is 10.1. The third-order valence-electron chi connectivity index (χ3n) is 3.13. The van der Waals surface area contributed by atoms with Crippen LogP contribution in [0.5, 0.6) is 5.75 Å². The molecule has 1 aromatic carbocycles. The normalized spacial score (nSPS) is 10.7. The molecule has 0 radical (unpaired) electrons. The minimum absolute atomic E-state index is 0.239. The van der Waals surface area contributed by atoms with Crippen LogP contribution in [0.15, 0.2) is 30.3 Å². The van der Waals surface area contributed by atoms with Crippen molar-refractivity contribution in [3.05, 3.63) is 41.7 Å². The highest BCUT2D eigenvalue weighted by atomic mass is 16.5. The van der Waals surface area contributed by atoms with Crippen LogP contribution in [0, 0.1) is 0 Å². The fourth-order valence-electron chi connectivity index (χ4n) is 2.04. The van der Waals surface area contributed by atoms with Crippen LogP contribution in [0.1, 0.15) is 42.9 Å². The predicted octanol–water partition coefficient (Wildman–Crippen LogP) is 3.18. The van der Waals surface area contributed by atoms with E-state index in [1.807, 2.05) is 24.3 Å². The Morgan fingerprint density at radius 1 is 1.29 bits per heavy atom. The van der Waals surface area contributed by atoms with Crippen LogP contribution in [0.2, 0.25) is 0 Å². The number of esters is 1. The van der Waals surface area contributed by atoms with E-state index >= 15 is 0 Å². The lowest BCUT2D eigenvalue weighted by atomic mass is 10.1. The lowest BCUT2D eigenvalue weighted by Crippen LogP contribution is -2.07. The molecule has 5 heteroatoms. The minimum Gasteiger partial charge on any atom is -0.497 e. The first-order valence-electron chi connectivity index (χ1n) is 6.98. The molecular formula is C16H20N2O3. The molecule has 0 aliphatic rings. The average Bonchev–Trinajstić information content (AvgIpc) is 2.93. The summed E-state index contributed by atoms with van der Waals surface area (Å²) in [5.41, 5.74) is 2.18. The summed E-state index contributed by atoms with van der Waals surface area (Å²) in [6, 6.07) is 9.34. The van der Waals surface area contributed by atoms with Crippen LogP contribution in [0.25, 0.3) is 5.69 Å². The summed E-state index contributed by atoms with van der Waals surface area (Å²) in [4.78, 5) is 11.8. The second kappa shape index (κ2) is 6.43. The molecule has 0 saturated heterocycles. The van der Waals surface area contributed by atoms with Crippen molar-refractivity contribution < 1.29 is 14.3 Å². The second-order valence-corrected chi connectivity index (χ2v) is 4.94. The number of hydrogen-bond donors (Lipinski definition) is 0. The van der Waals surface area contributed by atoms with Crippen LogP contribution in [-0.4, -0.2) is 29.5 Å². The van der Waals surface area contributed by atoms with Gasteiger partial charge in [0.25, 0.3) is 0 Å². The SMILES string of the molecule is CCOC(=O)c1cc(C(C)C)n(-c2ccc(OC)cc2)n1. The highest BCUT2D eigenvalue weighted by molar-refractivity contribution is 5.87. The van der Waals surface area contributed by atoms with Gasteiger partial charge in [-0.2, -0.15) is 5.10 Å². The second-order valence-electron chi connectivity index (χ2n) is 4.94. The Labute approximate surface area is 124 Å². The Bertz CT molecular complexity index is 615. The maximum atomic E-state index is 11.8. The van der Waals surface area contributed by atoms with Crippen molar-refractivity contribution in [2.24, 2.45) is 0 Å². The molecule has 1 aromatic heterocycles. The van der Waals surface area contributed by atoms with E-state index in [0.717, 1.165) is 17.1 Å². The summed E-state index contributed by atoms with van der Waals surface area (Å²) in [5, 5.41) is 4.38. The summed E-state index contributed by atoms with van der Waals surface area (Å²) in [6.07, 6.45) is 0. The van der Waals surface area contributed by atoms with Gasteiger partial charge >= 0.3 is 5.97 Å². The van der Waals surface area contributed by atoms with Gasteiger partial charge in [-0.25, -0.2) is 9.48 Å². The van der Waals surface area contributed by atoms with Gasteiger partial charge in [-0.05, 0) is 43.2 Å². The minimum atomic E-state index is -0.397. The Morgan fingerprint density at radius 2 is 1.95 bits per heavy atom. The summed E-state index contributed by atoms with van der Waals surface area (Å²) >= 11 is 0. The van der Waals surface area contributed by atoms with Gasteiger partial charge < -0.3 is 9.47 Å². The Kier molecular flexibility index (Phi) is 4.62. The maximum Gasteiger partial charge on any atom is 0.358 e. The first kappa shape index (κ1) is 15.1. The Balaban J connectivity index is 2.42. The highest BCUT2D eigenvalue weighted by Crippen LogP contribution is 2.22. The van der Waals surface area contributed by atoms with Crippen molar-refractivity contribution in [3.63, 3.8) is 0 Å². The summed E-state index contributed by atoms with van der Waals surface area (Å²) < 4.78 is 11.9. The maximum absolute atomic E-state index is 11.8. The molecule has 0 aliphatic heterocycles. The molecule has 0 bridgehead atoms. The van der Waals surface area contributed by atoms with Gasteiger partial charge in [0.2, 0.25) is 0 Å². The number of aromatic nitrogens is 2. The number of nitrogens with zero attached hydrogens (tertiary/aromatic N) is 2. The monoisotopic (exact) mass is 288 g/mol. The molecule has 1 heterocycles. The van der Waals surface area contributed by atoms with E-state index in [1.54, 1.807) is 24.8 Å². The molecule has 0 atom stereocenters. The fraction of sp³-hybridized carbons (Fsp3) is 0.375. The molecule has 21 heavy (non-hydrogen) atoms. The topological polar surface area (TPSA) is 53.4 Å². The van der Waals surface area contributed by atoms with Crippen molar-refractivity contribution in [1.82, 2.24) is 9.78 Å². The standard InChI is InChI=1S/C16H20N2O3/c1-5-21-16(19)14-10-15(11(2)3)18(17-14)12-6-8-13(20-4)9-7-12/h6-11H,5H2,1-4H3. The van der Waals surface area contributed by atoms with Gasteiger partial charge in [0.1, 0.15) is 5.75 Å². The molecule has 0 unspecified atom stereocenters. The molecule has 0 amide bonds. The van der Waals surface area contributed by atoms with Crippen LogP contribution in [0.3, 0.4) is 0 Å². The number of hydrogen-bond acceptors (Lipinski definition) is 4. The molecule has 0 spiro atoms. The van der Waals surface area contributed by atoms with Crippen LogP contribution < -0.4 is 4.74 Å². The largest absolute Gasteiger partial charge is 0.497 e. The van der Waals surface area contributed by atoms with Crippen molar-refractivity contribution in [2.45, 2.75) is 26.7 Å². The number of methoxy groups -OCH3 is 1.